The van der Waals surface area contributed by atoms with Gasteiger partial charge in [-0.25, -0.2) is 9.97 Å². The fourth-order valence-corrected chi connectivity index (χ4v) is 1.98. The van der Waals surface area contributed by atoms with E-state index in [9.17, 15) is 0 Å². The highest BCUT2D eigenvalue weighted by Crippen LogP contribution is 2.24. The average Bonchev–Trinajstić information content (AvgIpc) is 2.45. The molecule has 1 aromatic heterocycles. The van der Waals surface area contributed by atoms with Gasteiger partial charge in [-0.2, -0.15) is 0 Å². The molecule has 110 valence electrons. The van der Waals surface area contributed by atoms with E-state index in [0.717, 1.165) is 5.56 Å². The minimum Gasteiger partial charge on any atom is -0.472 e. The van der Waals surface area contributed by atoms with Crippen LogP contribution in [0.4, 0.5) is 5.82 Å². The maximum absolute atomic E-state index is 6.08. The molecule has 0 atom stereocenters. The lowest BCUT2D eigenvalue weighted by molar-refractivity contribution is 0.215. The molecule has 21 heavy (non-hydrogen) atoms. The van der Waals surface area contributed by atoms with E-state index in [0.29, 0.717) is 15.6 Å². The molecule has 0 aliphatic heterocycles. The molecule has 0 bridgehead atoms. The summed E-state index contributed by atoms with van der Waals surface area (Å²) in [5, 5.41) is 4.71. The topological polar surface area (TPSA) is 82.6 Å². The van der Waals surface area contributed by atoms with Gasteiger partial charge in [0.15, 0.2) is 0 Å². The largest absolute Gasteiger partial charge is 0.472 e. The molecule has 8 heteroatoms. The number of rotatable bonds is 5. The van der Waals surface area contributed by atoms with Crippen molar-refractivity contribution in [1.29, 1.82) is 0 Å². The molecule has 0 saturated heterocycles. The summed E-state index contributed by atoms with van der Waals surface area (Å²) in [7, 11) is 1.42. The molecule has 6 nitrogen and oxygen atoms in total. The number of nitrogens with zero attached hydrogens (tertiary/aromatic N) is 3. The normalized spacial score (nSPS) is 10.8. The van der Waals surface area contributed by atoms with Crippen LogP contribution in [0.3, 0.4) is 0 Å². The minimum absolute atomic E-state index is 0.209. The van der Waals surface area contributed by atoms with Crippen molar-refractivity contribution in [2.45, 2.75) is 6.61 Å². The summed E-state index contributed by atoms with van der Waals surface area (Å²) in [4.78, 5) is 12.5. The van der Waals surface area contributed by atoms with Gasteiger partial charge in [-0.3, -0.25) is 0 Å². The maximum atomic E-state index is 6.08. The molecule has 0 aliphatic carbocycles. The van der Waals surface area contributed by atoms with Gasteiger partial charge >= 0.3 is 0 Å². The Hall–Kier alpha value is -2.05. The first kappa shape index (κ1) is 15.3. The highest BCUT2D eigenvalue weighted by molar-refractivity contribution is 6.35. The van der Waals surface area contributed by atoms with E-state index < -0.39 is 0 Å². The fourth-order valence-electron chi connectivity index (χ4n) is 1.52. The zero-order valence-electron chi connectivity index (χ0n) is 11.1. The highest BCUT2D eigenvalue weighted by atomic mass is 35.5. The smallest absolute Gasteiger partial charge is 0.228 e. The summed E-state index contributed by atoms with van der Waals surface area (Å²) < 4.78 is 5.62. The molecule has 2 rings (SSSR count). The van der Waals surface area contributed by atoms with E-state index in [1.54, 1.807) is 18.2 Å². The molecular weight excluding hydrogens is 315 g/mol. The maximum Gasteiger partial charge on any atom is 0.228 e. The number of nitrogen functional groups attached to an aromatic ring is 1. The molecule has 1 heterocycles. The number of benzene rings is 1. The fraction of sp³-hybridized carbons (Fsp3) is 0.154. The van der Waals surface area contributed by atoms with E-state index in [1.807, 2.05) is 0 Å². The Bertz CT molecular complexity index is 665. The van der Waals surface area contributed by atoms with Crippen molar-refractivity contribution in [3.05, 3.63) is 45.7 Å². The molecule has 1 aromatic carbocycles. The first-order chi connectivity index (χ1) is 10.1. The molecule has 0 radical (unpaired) electrons. The third-order valence-electron chi connectivity index (χ3n) is 2.54. The first-order valence-electron chi connectivity index (χ1n) is 5.85. The molecule has 2 aromatic rings. The standard InChI is InChI=1S/C13H12Cl2N4O2/c1-20-19-5-10-12(16)17-7-18-13(10)21-6-8-2-3-9(14)4-11(8)15/h2-5,7H,6H2,1H3,(H2,16,17,18). The quantitative estimate of drug-likeness (QED) is 0.674. The number of aromatic nitrogens is 2. The summed E-state index contributed by atoms with van der Waals surface area (Å²) >= 11 is 11.9. The van der Waals surface area contributed by atoms with Gasteiger partial charge in [0.1, 0.15) is 31.4 Å². The van der Waals surface area contributed by atoms with Gasteiger partial charge in [0.2, 0.25) is 5.88 Å². The van der Waals surface area contributed by atoms with E-state index in [1.165, 1.54) is 19.7 Å². The number of hydrogen-bond donors (Lipinski definition) is 1. The van der Waals surface area contributed by atoms with Crippen molar-refractivity contribution in [3.8, 4) is 5.88 Å². The second kappa shape index (κ2) is 7.10. The highest BCUT2D eigenvalue weighted by Gasteiger charge is 2.10. The minimum atomic E-state index is 0.209. The lowest BCUT2D eigenvalue weighted by atomic mass is 10.2. The number of hydrogen-bond acceptors (Lipinski definition) is 6. The molecule has 0 aliphatic rings. The van der Waals surface area contributed by atoms with Crippen molar-refractivity contribution in [1.82, 2.24) is 9.97 Å². The van der Waals surface area contributed by atoms with E-state index in [4.69, 9.17) is 33.7 Å². The second-order valence-electron chi connectivity index (χ2n) is 3.92. The van der Waals surface area contributed by atoms with Crippen LogP contribution in [0.5, 0.6) is 5.88 Å². The van der Waals surface area contributed by atoms with Gasteiger partial charge in [-0.15, -0.1) is 0 Å². The Morgan fingerprint density at radius 1 is 1.33 bits per heavy atom. The van der Waals surface area contributed by atoms with E-state index in [-0.39, 0.29) is 18.3 Å². The SMILES string of the molecule is CON=Cc1c(N)ncnc1OCc1ccc(Cl)cc1Cl. The molecule has 0 amide bonds. The van der Waals surface area contributed by atoms with Gasteiger partial charge in [-0.05, 0) is 12.1 Å². The Morgan fingerprint density at radius 2 is 2.14 bits per heavy atom. The van der Waals surface area contributed by atoms with Crippen molar-refractivity contribution >= 4 is 35.2 Å². The van der Waals surface area contributed by atoms with Crippen LogP contribution < -0.4 is 10.5 Å². The van der Waals surface area contributed by atoms with Gasteiger partial charge in [-0.1, -0.05) is 34.4 Å². The molecule has 0 saturated carbocycles. The van der Waals surface area contributed by atoms with Crippen LogP contribution >= 0.6 is 23.2 Å². The van der Waals surface area contributed by atoms with E-state index in [2.05, 4.69) is 20.0 Å². The third kappa shape index (κ3) is 3.96. The van der Waals surface area contributed by atoms with Crippen molar-refractivity contribution in [3.63, 3.8) is 0 Å². The molecular formula is C13H12Cl2N4O2. The van der Waals surface area contributed by atoms with Crippen LogP contribution in [0.25, 0.3) is 0 Å². The van der Waals surface area contributed by atoms with Crippen LogP contribution in [0.2, 0.25) is 10.0 Å². The molecule has 0 unspecified atom stereocenters. The summed E-state index contributed by atoms with van der Waals surface area (Å²) in [6.45, 7) is 0.209. The van der Waals surface area contributed by atoms with Crippen molar-refractivity contribution < 1.29 is 9.57 Å². The van der Waals surface area contributed by atoms with Gasteiger partial charge in [0.25, 0.3) is 0 Å². The predicted molar refractivity (Wildman–Crippen MR) is 81.8 cm³/mol. The third-order valence-corrected chi connectivity index (χ3v) is 3.13. The summed E-state index contributed by atoms with van der Waals surface area (Å²) in [6.07, 6.45) is 2.69. The summed E-state index contributed by atoms with van der Waals surface area (Å²) in [5.41, 5.74) is 6.97. The number of oxime groups is 1. The molecule has 2 N–H and O–H groups in total. The van der Waals surface area contributed by atoms with Gasteiger partial charge in [0.05, 0.1) is 6.21 Å². The second-order valence-corrected chi connectivity index (χ2v) is 4.76. The van der Waals surface area contributed by atoms with Crippen molar-refractivity contribution in [2.75, 3.05) is 12.8 Å². The zero-order chi connectivity index (χ0) is 15.2. The lowest BCUT2D eigenvalue weighted by Gasteiger charge is -2.10. The molecule has 0 spiro atoms. The van der Waals surface area contributed by atoms with Crippen LogP contribution in [0, 0.1) is 0 Å². The Labute approximate surface area is 131 Å². The number of halogens is 2. The lowest BCUT2D eigenvalue weighted by Crippen LogP contribution is -2.05. The predicted octanol–water partition coefficient (Wildman–Crippen LogP) is 2.92. The van der Waals surface area contributed by atoms with Crippen LogP contribution in [0.1, 0.15) is 11.1 Å². The zero-order valence-corrected chi connectivity index (χ0v) is 12.6. The Balaban J connectivity index is 2.20. The van der Waals surface area contributed by atoms with E-state index >= 15 is 0 Å². The molecule has 0 fully saturated rings. The van der Waals surface area contributed by atoms with Crippen molar-refractivity contribution in [2.24, 2.45) is 5.16 Å². The van der Waals surface area contributed by atoms with Crippen LogP contribution in [0.15, 0.2) is 29.7 Å². The monoisotopic (exact) mass is 326 g/mol. The average molecular weight is 327 g/mol. The summed E-state index contributed by atoms with van der Waals surface area (Å²) in [6, 6.07) is 5.15. The number of ether oxygens (including phenoxy) is 1. The Kier molecular flexibility index (Phi) is 5.19. The van der Waals surface area contributed by atoms with Crippen LogP contribution in [-0.2, 0) is 11.4 Å². The summed E-state index contributed by atoms with van der Waals surface area (Å²) in [5.74, 6) is 0.525. The number of anilines is 1. The number of nitrogens with two attached hydrogens (primary N) is 1. The van der Waals surface area contributed by atoms with Crippen LogP contribution in [-0.4, -0.2) is 23.3 Å². The first-order valence-corrected chi connectivity index (χ1v) is 6.61. The Morgan fingerprint density at radius 3 is 2.86 bits per heavy atom. The van der Waals surface area contributed by atoms with Gasteiger partial charge < -0.3 is 15.3 Å². The van der Waals surface area contributed by atoms with Gasteiger partial charge in [0, 0.05) is 15.6 Å².